The Labute approximate surface area is 101 Å². The lowest BCUT2D eigenvalue weighted by Crippen LogP contribution is -2.27. The van der Waals surface area contributed by atoms with Crippen LogP contribution in [0.15, 0.2) is 18.2 Å². The molecule has 1 aromatic carbocycles. The molecule has 1 aliphatic heterocycles. The zero-order valence-electron chi connectivity index (χ0n) is 9.69. The Kier molecular flexibility index (Phi) is 4.19. The lowest BCUT2D eigenvalue weighted by Gasteiger charge is -2.20. The summed E-state index contributed by atoms with van der Waals surface area (Å²) in [5.74, 6) is 1.44. The molecule has 2 rings (SSSR count). The molecule has 17 heavy (non-hydrogen) atoms. The van der Waals surface area contributed by atoms with Crippen molar-refractivity contribution >= 4 is 0 Å². The minimum Gasteiger partial charge on any atom is -0.486 e. The minimum atomic E-state index is -0.558. The van der Waals surface area contributed by atoms with Crippen LogP contribution in [0, 0.1) is 0 Å². The lowest BCUT2D eigenvalue weighted by atomic mass is 10.1. The summed E-state index contributed by atoms with van der Waals surface area (Å²) in [6, 6.07) is 5.50. The highest BCUT2D eigenvalue weighted by molar-refractivity contribution is 5.44. The quantitative estimate of drug-likeness (QED) is 0.631. The molecule has 4 N–H and O–H groups in total. The SMILES string of the molecule is NCCNCC(O)c1ccc2c(c1)OCCO2. The number of aliphatic hydroxyl groups is 1. The number of fused-ring (bicyclic) bond motifs is 1. The van der Waals surface area contributed by atoms with E-state index in [1.54, 1.807) is 0 Å². The Bertz CT molecular complexity index is 371. The fourth-order valence-corrected chi connectivity index (χ4v) is 1.73. The molecule has 94 valence electrons. The molecular formula is C12H18N2O3. The van der Waals surface area contributed by atoms with Gasteiger partial charge in [0.05, 0.1) is 6.10 Å². The monoisotopic (exact) mass is 238 g/mol. The Morgan fingerprint density at radius 1 is 1.29 bits per heavy atom. The van der Waals surface area contributed by atoms with Gasteiger partial charge in [-0.05, 0) is 17.7 Å². The van der Waals surface area contributed by atoms with E-state index in [2.05, 4.69) is 5.32 Å². The van der Waals surface area contributed by atoms with E-state index < -0.39 is 6.10 Å². The number of nitrogens with one attached hydrogen (secondary N) is 1. The summed E-state index contributed by atoms with van der Waals surface area (Å²) in [4.78, 5) is 0. The zero-order chi connectivity index (χ0) is 12.1. The van der Waals surface area contributed by atoms with E-state index in [4.69, 9.17) is 15.2 Å². The van der Waals surface area contributed by atoms with Crippen LogP contribution in [0.5, 0.6) is 11.5 Å². The number of benzene rings is 1. The van der Waals surface area contributed by atoms with E-state index >= 15 is 0 Å². The van der Waals surface area contributed by atoms with Crippen LogP contribution in [-0.4, -0.2) is 38.0 Å². The van der Waals surface area contributed by atoms with Crippen molar-refractivity contribution in [1.82, 2.24) is 5.32 Å². The normalized spacial score (nSPS) is 15.6. The van der Waals surface area contributed by atoms with Crippen LogP contribution in [0.25, 0.3) is 0 Å². The average molecular weight is 238 g/mol. The second-order valence-electron chi connectivity index (χ2n) is 3.91. The summed E-state index contributed by atoms with van der Waals surface area (Å²) in [5, 5.41) is 13.0. The molecule has 0 saturated carbocycles. The van der Waals surface area contributed by atoms with Gasteiger partial charge >= 0.3 is 0 Å². The Morgan fingerprint density at radius 3 is 2.82 bits per heavy atom. The zero-order valence-corrected chi connectivity index (χ0v) is 9.69. The van der Waals surface area contributed by atoms with E-state index in [-0.39, 0.29) is 0 Å². The van der Waals surface area contributed by atoms with Crippen molar-refractivity contribution in [1.29, 1.82) is 0 Å². The van der Waals surface area contributed by atoms with Crippen molar-refractivity contribution in [3.05, 3.63) is 23.8 Å². The topological polar surface area (TPSA) is 76.7 Å². The molecule has 1 heterocycles. The van der Waals surface area contributed by atoms with Crippen molar-refractivity contribution in [2.45, 2.75) is 6.10 Å². The van der Waals surface area contributed by atoms with Gasteiger partial charge in [-0.3, -0.25) is 0 Å². The van der Waals surface area contributed by atoms with Gasteiger partial charge in [0.25, 0.3) is 0 Å². The lowest BCUT2D eigenvalue weighted by molar-refractivity contribution is 0.163. The van der Waals surface area contributed by atoms with Crippen LogP contribution < -0.4 is 20.5 Å². The summed E-state index contributed by atoms with van der Waals surface area (Å²) < 4.78 is 10.9. The van der Waals surface area contributed by atoms with Crippen molar-refractivity contribution in [3.63, 3.8) is 0 Å². The van der Waals surface area contributed by atoms with Gasteiger partial charge in [0.1, 0.15) is 13.2 Å². The molecule has 0 aromatic heterocycles. The molecule has 0 bridgehead atoms. The Hall–Kier alpha value is -1.30. The predicted molar refractivity (Wildman–Crippen MR) is 64.3 cm³/mol. The molecule has 0 fully saturated rings. The number of nitrogens with two attached hydrogens (primary N) is 1. The number of hydrogen-bond donors (Lipinski definition) is 3. The molecule has 0 spiro atoms. The van der Waals surface area contributed by atoms with E-state index in [0.29, 0.717) is 38.6 Å². The maximum absolute atomic E-state index is 9.95. The highest BCUT2D eigenvalue weighted by Crippen LogP contribution is 2.32. The molecule has 1 atom stereocenters. The van der Waals surface area contributed by atoms with Crippen LogP contribution in [0.4, 0.5) is 0 Å². The van der Waals surface area contributed by atoms with Gasteiger partial charge in [0.15, 0.2) is 11.5 Å². The van der Waals surface area contributed by atoms with Gasteiger partial charge < -0.3 is 25.6 Å². The third-order valence-electron chi connectivity index (χ3n) is 2.61. The van der Waals surface area contributed by atoms with Crippen LogP contribution in [-0.2, 0) is 0 Å². The second kappa shape index (κ2) is 5.86. The van der Waals surface area contributed by atoms with Crippen molar-refractivity contribution in [2.75, 3.05) is 32.8 Å². The summed E-state index contributed by atoms with van der Waals surface area (Å²) in [6.45, 7) is 2.87. The maximum atomic E-state index is 9.95. The van der Waals surface area contributed by atoms with Gasteiger partial charge in [-0.15, -0.1) is 0 Å². The highest BCUT2D eigenvalue weighted by atomic mass is 16.6. The van der Waals surface area contributed by atoms with Gasteiger partial charge in [-0.2, -0.15) is 0 Å². The molecule has 5 heteroatoms. The second-order valence-corrected chi connectivity index (χ2v) is 3.91. The summed E-state index contributed by atoms with van der Waals surface area (Å²) >= 11 is 0. The fourth-order valence-electron chi connectivity index (χ4n) is 1.73. The van der Waals surface area contributed by atoms with Crippen molar-refractivity contribution in [2.24, 2.45) is 5.73 Å². The first-order valence-electron chi connectivity index (χ1n) is 5.79. The maximum Gasteiger partial charge on any atom is 0.161 e. The third-order valence-corrected chi connectivity index (χ3v) is 2.61. The summed E-state index contributed by atoms with van der Waals surface area (Å²) in [5.41, 5.74) is 6.18. The van der Waals surface area contributed by atoms with Crippen molar-refractivity contribution in [3.8, 4) is 11.5 Å². The van der Waals surface area contributed by atoms with Crippen LogP contribution in [0.3, 0.4) is 0 Å². The van der Waals surface area contributed by atoms with Crippen LogP contribution in [0.2, 0.25) is 0 Å². The number of rotatable bonds is 5. The van der Waals surface area contributed by atoms with E-state index in [0.717, 1.165) is 11.3 Å². The van der Waals surface area contributed by atoms with Crippen LogP contribution >= 0.6 is 0 Å². The highest BCUT2D eigenvalue weighted by Gasteiger charge is 2.14. The molecular weight excluding hydrogens is 220 g/mol. The molecule has 1 aliphatic rings. The largest absolute Gasteiger partial charge is 0.486 e. The first kappa shape index (κ1) is 12.2. The summed E-state index contributed by atoms with van der Waals surface area (Å²) in [7, 11) is 0. The standard InChI is InChI=1S/C12H18N2O3/c13-3-4-14-8-10(15)9-1-2-11-12(7-9)17-6-5-16-11/h1-2,7,10,14-15H,3-6,8,13H2. The summed E-state index contributed by atoms with van der Waals surface area (Å²) in [6.07, 6.45) is -0.558. The Balaban J connectivity index is 2.00. The predicted octanol–water partition coefficient (Wildman–Crippen LogP) is 0.0395. The van der Waals surface area contributed by atoms with Gasteiger partial charge in [-0.1, -0.05) is 6.07 Å². The van der Waals surface area contributed by atoms with Gasteiger partial charge in [0, 0.05) is 19.6 Å². The van der Waals surface area contributed by atoms with Crippen LogP contribution in [0.1, 0.15) is 11.7 Å². The number of ether oxygens (including phenoxy) is 2. The third kappa shape index (κ3) is 3.09. The van der Waals surface area contributed by atoms with Crippen molar-refractivity contribution < 1.29 is 14.6 Å². The van der Waals surface area contributed by atoms with E-state index in [9.17, 15) is 5.11 Å². The van der Waals surface area contributed by atoms with Gasteiger partial charge in [0.2, 0.25) is 0 Å². The average Bonchev–Trinajstić information content (AvgIpc) is 2.38. The molecule has 0 radical (unpaired) electrons. The molecule has 5 nitrogen and oxygen atoms in total. The molecule has 1 aromatic rings. The first-order valence-corrected chi connectivity index (χ1v) is 5.79. The molecule has 0 amide bonds. The molecule has 0 aliphatic carbocycles. The molecule has 0 saturated heterocycles. The number of aliphatic hydroxyl groups excluding tert-OH is 1. The van der Waals surface area contributed by atoms with E-state index in [1.807, 2.05) is 18.2 Å². The van der Waals surface area contributed by atoms with Gasteiger partial charge in [-0.25, -0.2) is 0 Å². The van der Waals surface area contributed by atoms with E-state index in [1.165, 1.54) is 0 Å². The smallest absolute Gasteiger partial charge is 0.161 e. The first-order chi connectivity index (χ1) is 8.31. The minimum absolute atomic E-state index is 0.483. The fraction of sp³-hybridized carbons (Fsp3) is 0.500. The molecule has 1 unspecified atom stereocenters. The Morgan fingerprint density at radius 2 is 2.06 bits per heavy atom. The number of hydrogen-bond acceptors (Lipinski definition) is 5.